The van der Waals surface area contributed by atoms with E-state index >= 15 is 0 Å². The van der Waals surface area contributed by atoms with Crippen molar-refractivity contribution >= 4 is 17.2 Å². The summed E-state index contributed by atoms with van der Waals surface area (Å²) in [5.74, 6) is 1.42. The molecule has 0 aliphatic carbocycles. The SMILES string of the molecule is CCc1nc([C@@H]2CCCN2C(=O)CCc2cscn2)no1. The van der Waals surface area contributed by atoms with Crippen LogP contribution in [0.3, 0.4) is 0 Å². The summed E-state index contributed by atoms with van der Waals surface area (Å²) in [5.41, 5.74) is 2.78. The number of hydrogen-bond acceptors (Lipinski definition) is 6. The van der Waals surface area contributed by atoms with Gasteiger partial charge in [-0.25, -0.2) is 4.98 Å². The minimum Gasteiger partial charge on any atom is -0.339 e. The summed E-state index contributed by atoms with van der Waals surface area (Å²) in [6, 6.07) is -0.0306. The smallest absolute Gasteiger partial charge is 0.226 e. The van der Waals surface area contributed by atoms with E-state index in [1.165, 1.54) is 0 Å². The molecule has 1 saturated heterocycles. The average molecular weight is 306 g/mol. The highest BCUT2D eigenvalue weighted by Gasteiger charge is 2.32. The Morgan fingerprint density at radius 1 is 1.57 bits per heavy atom. The molecule has 0 bridgehead atoms. The van der Waals surface area contributed by atoms with Crippen molar-refractivity contribution in [3.63, 3.8) is 0 Å². The summed E-state index contributed by atoms with van der Waals surface area (Å²) >= 11 is 1.56. The van der Waals surface area contributed by atoms with E-state index in [-0.39, 0.29) is 11.9 Å². The van der Waals surface area contributed by atoms with Crippen molar-refractivity contribution in [1.29, 1.82) is 0 Å². The van der Waals surface area contributed by atoms with E-state index < -0.39 is 0 Å². The largest absolute Gasteiger partial charge is 0.339 e. The number of aromatic nitrogens is 3. The lowest BCUT2D eigenvalue weighted by Gasteiger charge is -2.22. The number of thiazole rings is 1. The molecule has 0 spiro atoms. The van der Waals surface area contributed by atoms with Gasteiger partial charge < -0.3 is 9.42 Å². The molecular formula is C14H18N4O2S. The summed E-state index contributed by atoms with van der Waals surface area (Å²) < 4.78 is 5.17. The van der Waals surface area contributed by atoms with E-state index in [2.05, 4.69) is 15.1 Å². The summed E-state index contributed by atoms with van der Waals surface area (Å²) in [5, 5.41) is 6.01. The Hall–Kier alpha value is -1.76. The first kappa shape index (κ1) is 14.2. The van der Waals surface area contributed by atoms with E-state index in [0.717, 1.165) is 31.5 Å². The molecule has 2 aromatic rings. The van der Waals surface area contributed by atoms with Crippen LogP contribution in [0.15, 0.2) is 15.4 Å². The third kappa shape index (κ3) is 3.12. The second-order valence-electron chi connectivity index (χ2n) is 5.12. The molecule has 7 heteroatoms. The number of amides is 1. The zero-order valence-electron chi connectivity index (χ0n) is 12.0. The molecule has 1 aliphatic heterocycles. The molecule has 0 aromatic carbocycles. The van der Waals surface area contributed by atoms with Crippen molar-refractivity contribution < 1.29 is 9.32 Å². The van der Waals surface area contributed by atoms with Crippen molar-refractivity contribution in [2.75, 3.05) is 6.54 Å². The van der Waals surface area contributed by atoms with E-state index in [1.807, 2.05) is 17.2 Å². The first-order valence-electron chi connectivity index (χ1n) is 7.27. The fourth-order valence-electron chi connectivity index (χ4n) is 2.62. The Labute approximate surface area is 127 Å². The number of hydrogen-bond donors (Lipinski definition) is 0. The van der Waals surface area contributed by atoms with Crippen LogP contribution in [0, 0.1) is 0 Å². The maximum atomic E-state index is 12.4. The summed E-state index contributed by atoms with van der Waals surface area (Å²) in [6.45, 7) is 2.75. The molecule has 2 aromatic heterocycles. The van der Waals surface area contributed by atoms with Gasteiger partial charge in [-0.3, -0.25) is 4.79 Å². The summed E-state index contributed by atoms with van der Waals surface area (Å²) in [6.07, 6.45) is 3.79. The molecule has 1 amide bonds. The van der Waals surface area contributed by atoms with Gasteiger partial charge in [-0.15, -0.1) is 11.3 Å². The normalized spacial score (nSPS) is 18.3. The predicted octanol–water partition coefficient (Wildman–Crippen LogP) is 2.38. The van der Waals surface area contributed by atoms with Gasteiger partial charge in [0, 0.05) is 24.8 Å². The van der Waals surface area contributed by atoms with Gasteiger partial charge in [0.05, 0.1) is 17.2 Å². The zero-order chi connectivity index (χ0) is 14.7. The molecule has 0 N–H and O–H groups in total. The van der Waals surface area contributed by atoms with E-state index in [0.29, 0.717) is 24.6 Å². The van der Waals surface area contributed by atoms with Crippen LogP contribution in [0.5, 0.6) is 0 Å². The van der Waals surface area contributed by atoms with Crippen molar-refractivity contribution in [3.05, 3.63) is 28.3 Å². The van der Waals surface area contributed by atoms with Crippen molar-refractivity contribution in [2.24, 2.45) is 0 Å². The average Bonchev–Trinajstić information content (AvgIpc) is 3.23. The highest BCUT2D eigenvalue weighted by atomic mass is 32.1. The van der Waals surface area contributed by atoms with E-state index in [4.69, 9.17) is 4.52 Å². The Morgan fingerprint density at radius 2 is 2.48 bits per heavy atom. The molecule has 112 valence electrons. The van der Waals surface area contributed by atoms with Crippen LogP contribution >= 0.6 is 11.3 Å². The molecule has 3 rings (SSSR count). The molecule has 6 nitrogen and oxygen atoms in total. The van der Waals surface area contributed by atoms with Crippen LogP contribution < -0.4 is 0 Å². The number of carbonyl (C=O) groups excluding carboxylic acids is 1. The van der Waals surface area contributed by atoms with Crippen molar-refractivity contribution in [3.8, 4) is 0 Å². The molecule has 1 aliphatic rings. The third-order valence-electron chi connectivity index (χ3n) is 3.74. The van der Waals surface area contributed by atoms with Gasteiger partial charge in [-0.2, -0.15) is 4.98 Å². The van der Waals surface area contributed by atoms with Crippen LogP contribution in [0.25, 0.3) is 0 Å². The minimum absolute atomic E-state index is 0.0306. The molecule has 3 heterocycles. The fraction of sp³-hybridized carbons (Fsp3) is 0.571. The Balaban J connectivity index is 1.64. The van der Waals surface area contributed by atoms with E-state index in [9.17, 15) is 4.79 Å². The number of rotatable bonds is 5. The Bertz CT molecular complexity index is 596. The number of likely N-dealkylation sites (tertiary alicyclic amines) is 1. The fourth-order valence-corrected chi connectivity index (χ4v) is 3.21. The lowest BCUT2D eigenvalue weighted by molar-refractivity contribution is -0.132. The third-order valence-corrected chi connectivity index (χ3v) is 4.37. The summed E-state index contributed by atoms with van der Waals surface area (Å²) in [4.78, 5) is 22.9. The number of nitrogens with zero attached hydrogens (tertiary/aromatic N) is 4. The van der Waals surface area contributed by atoms with Gasteiger partial charge >= 0.3 is 0 Å². The molecular weight excluding hydrogens is 288 g/mol. The van der Waals surface area contributed by atoms with Crippen LogP contribution in [0.4, 0.5) is 0 Å². The number of carbonyl (C=O) groups is 1. The highest BCUT2D eigenvalue weighted by Crippen LogP contribution is 2.30. The second kappa shape index (κ2) is 6.34. The van der Waals surface area contributed by atoms with Gasteiger partial charge in [0.2, 0.25) is 11.8 Å². The highest BCUT2D eigenvalue weighted by molar-refractivity contribution is 7.07. The quantitative estimate of drug-likeness (QED) is 0.848. The topological polar surface area (TPSA) is 72.1 Å². The lowest BCUT2D eigenvalue weighted by Crippen LogP contribution is -2.31. The van der Waals surface area contributed by atoms with Gasteiger partial charge in [0.1, 0.15) is 0 Å². The number of aryl methyl sites for hydroxylation is 2. The van der Waals surface area contributed by atoms with Crippen molar-refractivity contribution in [1.82, 2.24) is 20.0 Å². The molecule has 21 heavy (non-hydrogen) atoms. The molecule has 0 unspecified atom stereocenters. The maximum Gasteiger partial charge on any atom is 0.226 e. The minimum atomic E-state index is -0.0306. The first-order valence-corrected chi connectivity index (χ1v) is 8.21. The first-order chi connectivity index (χ1) is 10.3. The standard InChI is InChI=1S/C14H18N4O2S/c1-2-12-16-14(17-20-12)11-4-3-7-18(11)13(19)6-5-10-8-21-9-15-10/h8-9,11H,2-7H2,1H3/t11-/m0/s1. The molecule has 1 fully saturated rings. The van der Waals surface area contributed by atoms with E-state index in [1.54, 1.807) is 16.8 Å². The van der Waals surface area contributed by atoms with Gasteiger partial charge in [0.15, 0.2) is 5.82 Å². The molecule has 0 radical (unpaired) electrons. The zero-order valence-corrected chi connectivity index (χ0v) is 12.8. The Kier molecular flexibility index (Phi) is 4.28. The van der Waals surface area contributed by atoms with Crippen LogP contribution in [0.2, 0.25) is 0 Å². The monoisotopic (exact) mass is 306 g/mol. The van der Waals surface area contributed by atoms with Gasteiger partial charge in [0.25, 0.3) is 0 Å². The summed E-state index contributed by atoms with van der Waals surface area (Å²) in [7, 11) is 0. The molecule has 0 saturated carbocycles. The molecule has 1 atom stereocenters. The van der Waals surface area contributed by atoms with Crippen molar-refractivity contribution in [2.45, 2.75) is 45.1 Å². The van der Waals surface area contributed by atoms with Crippen LogP contribution in [-0.2, 0) is 17.6 Å². The van der Waals surface area contributed by atoms with Gasteiger partial charge in [-0.1, -0.05) is 12.1 Å². The van der Waals surface area contributed by atoms with Crippen LogP contribution in [-0.4, -0.2) is 32.5 Å². The maximum absolute atomic E-state index is 12.4. The second-order valence-corrected chi connectivity index (χ2v) is 5.84. The lowest BCUT2D eigenvalue weighted by atomic mass is 10.2. The van der Waals surface area contributed by atoms with Crippen LogP contribution in [0.1, 0.15) is 49.6 Å². The predicted molar refractivity (Wildman–Crippen MR) is 77.8 cm³/mol. The Morgan fingerprint density at radius 3 is 3.19 bits per heavy atom. The van der Waals surface area contributed by atoms with Gasteiger partial charge in [-0.05, 0) is 19.3 Å².